The quantitative estimate of drug-likeness (QED) is 0.800. The minimum atomic E-state index is -0.162. The van der Waals surface area contributed by atoms with Crippen LogP contribution < -0.4 is 5.32 Å². The predicted octanol–water partition coefficient (Wildman–Crippen LogP) is 2.86. The Labute approximate surface area is 90.7 Å². The molecule has 0 aromatic heterocycles. The van der Waals surface area contributed by atoms with E-state index in [9.17, 15) is 4.39 Å². The molecule has 1 aromatic rings. The number of nitrogens with one attached hydrogen (secondary N) is 1. The molecule has 1 fully saturated rings. The SMILES string of the molecule is CC(C)(CNC1CC1)c1ccc(F)cc1. The molecule has 2 heteroatoms. The molecule has 1 aromatic carbocycles. The molecule has 1 saturated carbocycles. The van der Waals surface area contributed by atoms with Crippen LogP contribution in [0.25, 0.3) is 0 Å². The fraction of sp³-hybridized carbons (Fsp3) is 0.538. The molecule has 0 aliphatic heterocycles. The molecule has 82 valence electrons. The van der Waals surface area contributed by atoms with Crippen molar-refractivity contribution in [2.45, 2.75) is 38.1 Å². The third kappa shape index (κ3) is 2.78. The molecule has 2 rings (SSSR count). The molecule has 0 spiro atoms. The summed E-state index contributed by atoms with van der Waals surface area (Å²) in [7, 11) is 0. The Balaban J connectivity index is 2.02. The first-order valence-corrected chi connectivity index (χ1v) is 5.57. The van der Waals surface area contributed by atoms with Crippen molar-refractivity contribution in [1.29, 1.82) is 0 Å². The summed E-state index contributed by atoms with van der Waals surface area (Å²) in [4.78, 5) is 0. The molecule has 0 saturated heterocycles. The molecule has 0 atom stereocenters. The zero-order chi connectivity index (χ0) is 10.9. The summed E-state index contributed by atoms with van der Waals surface area (Å²) < 4.78 is 12.8. The van der Waals surface area contributed by atoms with E-state index < -0.39 is 0 Å². The Bertz CT molecular complexity index is 325. The lowest BCUT2D eigenvalue weighted by Crippen LogP contribution is -2.34. The standard InChI is InChI=1S/C13H18FN/c1-13(2,9-15-12-7-8-12)10-3-5-11(14)6-4-10/h3-6,12,15H,7-9H2,1-2H3. The van der Waals surface area contributed by atoms with Crippen molar-refractivity contribution < 1.29 is 4.39 Å². The third-order valence-electron chi connectivity index (χ3n) is 3.04. The van der Waals surface area contributed by atoms with Crippen LogP contribution in [-0.4, -0.2) is 12.6 Å². The number of halogens is 1. The molecule has 0 bridgehead atoms. The molecule has 1 aliphatic carbocycles. The highest BCUT2D eigenvalue weighted by Gasteiger charge is 2.26. The number of rotatable bonds is 4. The first-order valence-electron chi connectivity index (χ1n) is 5.57. The van der Waals surface area contributed by atoms with Crippen LogP contribution in [0, 0.1) is 5.82 Å². The lowest BCUT2D eigenvalue weighted by molar-refractivity contribution is 0.466. The highest BCUT2D eigenvalue weighted by Crippen LogP contribution is 2.25. The van der Waals surface area contributed by atoms with Gasteiger partial charge in [0.2, 0.25) is 0 Å². The van der Waals surface area contributed by atoms with Gasteiger partial charge in [0.1, 0.15) is 5.82 Å². The highest BCUT2D eigenvalue weighted by atomic mass is 19.1. The van der Waals surface area contributed by atoms with Crippen molar-refractivity contribution >= 4 is 0 Å². The summed E-state index contributed by atoms with van der Waals surface area (Å²) in [5.74, 6) is -0.162. The molecular formula is C13H18FN. The Kier molecular flexibility index (Phi) is 2.79. The Morgan fingerprint density at radius 3 is 2.40 bits per heavy atom. The van der Waals surface area contributed by atoms with Crippen LogP contribution in [0.15, 0.2) is 24.3 Å². The van der Waals surface area contributed by atoms with Crippen molar-refractivity contribution in [3.05, 3.63) is 35.6 Å². The molecule has 1 aliphatic rings. The second-order valence-corrected chi connectivity index (χ2v) is 5.05. The maximum absolute atomic E-state index is 12.8. The molecule has 0 radical (unpaired) electrons. The number of hydrogen-bond acceptors (Lipinski definition) is 1. The van der Waals surface area contributed by atoms with Gasteiger partial charge < -0.3 is 5.32 Å². The van der Waals surface area contributed by atoms with Crippen molar-refractivity contribution in [2.75, 3.05) is 6.54 Å². The van der Waals surface area contributed by atoms with Gasteiger partial charge in [0, 0.05) is 18.0 Å². The summed E-state index contributed by atoms with van der Waals surface area (Å²) in [5, 5.41) is 3.52. The maximum atomic E-state index is 12.8. The molecule has 15 heavy (non-hydrogen) atoms. The fourth-order valence-electron chi connectivity index (χ4n) is 1.69. The largest absolute Gasteiger partial charge is 0.313 e. The van der Waals surface area contributed by atoms with Gasteiger partial charge in [-0.05, 0) is 30.5 Å². The van der Waals surface area contributed by atoms with E-state index in [1.54, 1.807) is 0 Å². The molecule has 0 heterocycles. The predicted molar refractivity (Wildman–Crippen MR) is 60.5 cm³/mol. The zero-order valence-corrected chi connectivity index (χ0v) is 9.39. The van der Waals surface area contributed by atoms with Gasteiger partial charge >= 0.3 is 0 Å². The molecule has 1 nitrogen and oxygen atoms in total. The monoisotopic (exact) mass is 207 g/mol. The van der Waals surface area contributed by atoms with E-state index in [-0.39, 0.29) is 11.2 Å². The zero-order valence-electron chi connectivity index (χ0n) is 9.39. The van der Waals surface area contributed by atoms with Gasteiger partial charge in [-0.25, -0.2) is 4.39 Å². The average Bonchev–Trinajstić information content (AvgIpc) is 2.99. The van der Waals surface area contributed by atoms with Gasteiger partial charge in [-0.1, -0.05) is 26.0 Å². The molecular weight excluding hydrogens is 189 g/mol. The van der Waals surface area contributed by atoms with E-state index in [0.717, 1.165) is 12.6 Å². The van der Waals surface area contributed by atoms with Gasteiger partial charge in [-0.2, -0.15) is 0 Å². The number of benzene rings is 1. The smallest absolute Gasteiger partial charge is 0.123 e. The van der Waals surface area contributed by atoms with E-state index in [0.29, 0.717) is 0 Å². The van der Waals surface area contributed by atoms with Crippen molar-refractivity contribution in [1.82, 2.24) is 5.32 Å². The first-order chi connectivity index (χ1) is 7.08. The average molecular weight is 207 g/mol. The third-order valence-corrected chi connectivity index (χ3v) is 3.04. The second-order valence-electron chi connectivity index (χ2n) is 5.05. The molecule has 0 unspecified atom stereocenters. The first kappa shape index (κ1) is 10.6. The van der Waals surface area contributed by atoms with Gasteiger partial charge in [-0.3, -0.25) is 0 Å². The highest BCUT2D eigenvalue weighted by molar-refractivity contribution is 5.24. The lowest BCUT2D eigenvalue weighted by Gasteiger charge is -2.25. The Hall–Kier alpha value is -0.890. The summed E-state index contributed by atoms with van der Waals surface area (Å²) in [6.07, 6.45) is 2.61. The van der Waals surface area contributed by atoms with Gasteiger partial charge in [0.05, 0.1) is 0 Å². The van der Waals surface area contributed by atoms with Crippen LogP contribution in [0.3, 0.4) is 0 Å². The van der Waals surface area contributed by atoms with Crippen LogP contribution in [0.1, 0.15) is 32.3 Å². The van der Waals surface area contributed by atoms with E-state index in [4.69, 9.17) is 0 Å². The minimum Gasteiger partial charge on any atom is -0.313 e. The van der Waals surface area contributed by atoms with Gasteiger partial charge in [0.15, 0.2) is 0 Å². The van der Waals surface area contributed by atoms with Crippen LogP contribution in [0.5, 0.6) is 0 Å². The van der Waals surface area contributed by atoms with Crippen LogP contribution in [0.4, 0.5) is 4.39 Å². The van der Waals surface area contributed by atoms with Crippen LogP contribution in [-0.2, 0) is 5.41 Å². The molecule has 1 N–H and O–H groups in total. The van der Waals surface area contributed by atoms with E-state index in [1.807, 2.05) is 12.1 Å². The summed E-state index contributed by atoms with van der Waals surface area (Å²) in [6, 6.07) is 7.56. The molecule has 0 amide bonds. The normalized spacial score (nSPS) is 16.7. The van der Waals surface area contributed by atoms with Crippen molar-refractivity contribution in [3.8, 4) is 0 Å². The topological polar surface area (TPSA) is 12.0 Å². The van der Waals surface area contributed by atoms with Gasteiger partial charge in [-0.15, -0.1) is 0 Å². The van der Waals surface area contributed by atoms with Crippen LogP contribution in [0.2, 0.25) is 0 Å². The summed E-state index contributed by atoms with van der Waals surface area (Å²) in [5.41, 5.74) is 1.27. The second kappa shape index (κ2) is 3.93. The maximum Gasteiger partial charge on any atom is 0.123 e. The van der Waals surface area contributed by atoms with Crippen molar-refractivity contribution in [2.24, 2.45) is 0 Å². The summed E-state index contributed by atoms with van der Waals surface area (Å²) in [6.45, 7) is 5.34. The van der Waals surface area contributed by atoms with E-state index >= 15 is 0 Å². The van der Waals surface area contributed by atoms with Crippen LogP contribution >= 0.6 is 0 Å². The minimum absolute atomic E-state index is 0.0797. The fourth-order valence-corrected chi connectivity index (χ4v) is 1.69. The van der Waals surface area contributed by atoms with Gasteiger partial charge in [0.25, 0.3) is 0 Å². The summed E-state index contributed by atoms with van der Waals surface area (Å²) >= 11 is 0. The van der Waals surface area contributed by atoms with E-state index in [1.165, 1.54) is 30.5 Å². The number of hydrogen-bond donors (Lipinski definition) is 1. The lowest BCUT2D eigenvalue weighted by atomic mass is 9.84. The van der Waals surface area contributed by atoms with Crippen molar-refractivity contribution in [3.63, 3.8) is 0 Å². The Morgan fingerprint density at radius 1 is 1.27 bits per heavy atom. The Morgan fingerprint density at radius 2 is 1.87 bits per heavy atom. The van der Waals surface area contributed by atoms with E-state index in [2.05, 4.69) is 19.2 Å².